The molecule has 0 spiro atoms. The van der Waals surface area contributed by atoms with Crippen LogP contribution in [0.2, 0.25) is 10.0 Å². The first-order chi connectivity index (χ1) is 16.3. The number of likely N-dealkylation sites (tertiary alicyclic amines) is 1. The molecule has 9 nitrogen and oxygen atoms in total. The molecule has 3 aromatic rings. The summed E-state index contributed by atoms with van der Waals surface area (Å²) in [5.41, 5.74) is 7.44. The summed E-state index contributed by atoms with van der Waals surface area (Å²) in [6.07, 6.45) is 2.80. The third-order valence-corrected chi connectivity index (χ3v) is 6.80. The number of aromatic nitrogens is 3. The van der Waals surface area contributed by atoms with Crippen molar-refractivity contribution in [3.05, 3.63) is 33.7 Å². The van der Waals surface area contributed by atoms with Crippen LogP contribution in [0.4, 0.5) is 11.8 Å². The summed E-state index contributed by atoms with van der Waals surface area (Å²) >= 11 is 13.3. The van der Waals surface area contributed by atoms with Gasteiger partial charge in [-0.2, -0.15) is 0 Å². The zero-order valence-corrected chi connectivity index (χ0v) is 21.2. The van der Waals surface area contributed by atoms with Crippen molar-refractivity contribution >= 4 is 45.9 Å². The van der Waals surface area contributed by atoms with Crippen LogP contribution in [0.1, 0.15) is 6.42 Å². The highest BCUT2D eigenvalue weighted by atomic mass is 35.5. The summed E-state index contributed by atoms with van der Waals surface area (Å²) in [6.45, 7) is 3.47. The van der Waals surface area contributed by atoms with Crippen molar-refractivity contribution in [2.24, 2.45) is 0 Å². The number of likely N-dealkylation sites (N-methyl/N-ethyl adjacent to an activating group) is 1. The molecule has 1 atom stereocenters. The second-order valence-corrected chi connectivity index (χ2v) is 9.13. The van der Waals surface area contributed by atoms with E-state index in [1.54, 1.807) is 12.3 Å². The number of rotatable bonds is 8. The minimum absolute atomic E-state index is 0.158. The molecule has 1 aromatic carbocycles. The number of hydrogen-bond acceptors (Lipinski definition) is 8. The monoisotopic (exact) mass is 504 g/mol. The zero-order valence-electron chi connectivity index (χ0n) is 19.7. The minimum Gasteiger partial charge on any atom is -0.495 e. The Hall–Kier alpha value is -2.59. The molecular formula is C23H28Cl2N7O2-. The van der Waals surface area contributed by atoms with Crippen molar-refractivity contribution in [3.63, 3.8) is 0 Å². The van der Waals surface area contributed by atoms with E-state index in [-0.39, 0.29) is 5.95 Å². The van der Waals surface area contributed by atoms with E-state index in [4.69, 9.17) is 48.7 Å². The molecule has 1 unspecified atom stereocenters. The first-order valence-corrected chi connectivity index (χ1v) is 11.7. The largest absolute Gasteiger partial charge is 0.495 e. The highest BCUT2D eigenvalue weighted by Gasteiger charge is 2.23. The quantitative estimate of drug-likeness (QED) is 0.485. The van der Waals surface area contributed by atoms with Crippen molar-refractivity contribution in [1.82, 2.24) is 24.8 Å². The fourth-order valence-corrected chi connectivity index (χ4v) is 4.81. The van der Waals surface area contributed by atoms with Gasteiger partial charge in [-0.05, 0) is 57.7 Å². The lowest BCUT2D eigenvalue weighted by Crippen LogP contribution is -2.32. The van der Waals surface area contributed by atoms with Crippen LogP contribution in [0.25, 0.3) is 27.5 Å². The summed E-state index contributed by atoms with van der Waals surface area (Å²) < 4.78 is 10.8. The van der Waals surface area contributed by atoms with Crippen molar-refractivity contribution in [1.29, 1.82) is 0 Å². The van der Waals surface area contributed by atoms with E-state index in [0.29, 0.717) is 56.7 Å². The van der Waals surface area contributed by atoms with Crippen molar-refractivity contribution in [2.75, 3.05) is 60.2 Å². The number of nitrogen functional groups attached to an aromatic ring is 1. The summed E-state index contributed by atoms with van der Waals surface area (Å²) in [7, 11) is 7.30. The van der Waals surface area contributed by atoms with Crippen LogP contribution in [-0.4, -0.2) is 85.3 Å². The summed E-state index contributed by atoms with van der Waals surface area (Å²) in [5.74, 6) is 1.47. The molecule has 4 rings (SSSR count). The highest BCUT2D eigenvalue weighted by Crippen LogP contribution is 2.46. The Morgan fingerprint density at radius 1 is 1.15 bits per heavy atom. The predicted molar refractivity (Wildman–Crippen MR) is 137 cm³/mol. The third-order valence-electron chi connectivity index (χ3n) is 6.05. The molecule has 0 saturated carbocycles. The van der Waals surface area contributed by atoms with E-state index in [0.717, 1.165) is 31.4 Å². The fourth-order valence-electron chi connectivity index (χ4n) is 4.12. The molecule has 1 aliphatic heterocycles. The molecule has 2 aromatic heterocycles. The lowest BCUT2D eigenvalue weighted by Gasteiger charge is -2.24. The molecule has 1 aliphatic rings. The van der Waals surface area contributed by atoms with Gasteiger partial charge >= 0.3 is 0 Å². The van der Waals surface area contributed by atoms with E-state index >= 15 is 0 Å². The summed E-state index contributed by atoms with van der Waals surface area (Å²) in [4.78, 5) is 18.0. The maximum atomic E-state index is 6.64. The van der Waals surface area contributed by atoms with Gasteiger partial charge in [-0.25, -0.2) is 9.97 Å². The van der Waals surface area contributed by atoms with E-state index < -0.39 is 0 Å². The molecule has 2 N–H and O–H groups in total. The maximum Gasteiger partial charge on any atom is 0.220 e. The van der Waals surface area contributed by atoms with Gasteiger partial charge in [0.25, 0.3) is 0 Å². The number of halogens is 2. The van der Waals surface area contributed by atoms with Crippen LogP contribution < -0.4 is 15.2 Å². The standard InChI is InChI=1S/C23H28Cl2N7O2/c1-31(2)14-5-7-32(12-14)8-6-27-22-21-13(11-28-23(26)30-21)9-15(29-22)18-19(24)16(33-3)10-17(34-4)20(18)25/h9-11,14H,5-8,12H2,1-4H3,(H2-,26,27,28,29,30)/q-1. The molecule has 3 heterocycles. The number of pyridine rings is 1. The second-order valence-electron chi connectivity index (χ2n) is 8.37. The molecule has 34 heavy (non-hydrogen) atoms. The van der Waals surface area contributed by atoms with Crippen LogP contribution >= 0.6 is 23.2 Å². The average Bonchev–Trinajstić information content (AvgIpc) is 3.29. The first kappa shape index (κ1) is 24.5. The van der Waals surface area contributed by atoms with E-state index in [9.17, 15) is 0 Å². The minimum atomic E-state index is 0.158. The molecule has 1 saturated heterocycles. The Bertz CT molecular complexity index is 1160. The van der Waals surface area contributed by atoms with Gasteiger partial charge in [0.05, 0.1) is 29.8 Å². The van der Waals surface area contributed by atoms with Gasteiger partial charge in [0.15, 0.2) is 0 Å². The number of nitrogens with zero attached hydrogens (tertiary/aromatic N) is 6. The zero-order chi connectivity index (χ0) is 24.4. The molecule has 0 aliphatic carbocycles. The fraction of sp³-hybridized carbons (Fsp3) is 0.435. The van der Waals surface area contributed by atoms with Gasteiger partial charge in [0.2, 0.25) is 5.95 Å². The average molecular weight is 505 g/mol. The van der Waals surface area contributed by atoms with E-state index in [1.807, 2.05) is 6.07 Å². The predicted octanol–water partition coefficient (Wildman–Crippen LogP) is 4.24. The van der Waals surface area contributed by atoms with Crippen LogP contribution in [0, 0.1) is 0 Å². The number of anilines is 1. The molecule has 182 valence electrons. The molecular weight excluding hydrogens is 477 g/mol. The molecule has 11 heteroatoms. The normalized spacial score (nSPS) is 16.4. The number of ether oxygens (including phenoxy) is 2. The van der Waals surface area contributed by atoms with Gasteiger partial charge in [0.1, 0.15) is 11.5 Å². The van der Waals surface area contributed by atoms with Crippen molar-refractivity contribution in [2.45, 2.75) is 12.5 Å². The highest BCUT2D eigenvalue weighted by molar-refractivity contribution is 6.41. The van der Waals surface area contributed by atoms with Gasteiger partial charge in [-0.1, -0.05) is 23.2 Å². The van der Waals surface area contributed by atoms with Crippen molar-refractivity contribution in [3.8, 4) is 22.8 Å². The Morgan fingerprint density at radius 3 is 2.47 bits per heavy atom. The van der Waals surface area contributed by atoms with Gasteiger partial charge in [-0.15, -0.1) is 0 Å². The molecule has 0 bridgehead atoms. The Balaban J connectivity index is 1.69. The number of methoxy groups -OCH3 is 2. The first-order valence-electron chi connectivity index (χ1n) is 10.9. The van der Waals surface area contributed by atoms with Gasteiger partial charge in [-0.3, -0.25) is 0 Å². The maximum absolute atomic E-state index is 6.64. The number of nitrogens with two attached hydrogens (primary N) is 1. The lowest BCUT2D eigenvalue weighted by molar-refractivity contribution is 0.274. The third kappa shape index (κ3) is 4.93. The Labute approximate surface area is 209 Å². The summed E-state index contributed by atoms with van der Waals surface area (Å²) in [6, 6.07) is 4.02. The van der Waals surface area contributed by atoms with Crippen LogP contribution in [0.3, 0.4) is 0 Å². The van der Waals surface area contributed by atoms with E-state index in [2.05, 4.69) is 33.9 Å². The smallest absolute Gasteiger partial charge is 0.220 e. The number of benzene rings is 1. The van der Waals surface area contributed by atoms with Crippen LogP contribution in [-0.2, 0) is 0 Å². The molecule has 0 radical (unpaired) electrons. The van der Waals surface area contributed by atoms with Gasteiger partial charge in [0, 0.05) is 35.8 Å². The topological polar surface area (TPSA) is 104 Å². The van der Waals surface area contributed by atoms with Crippen LogP contribution in [0.15, 0.2) is 18.3 Å². The van der Waals surface area contributed by atoms with E-state index in [1.165, 1.54) is 14.2 Å². The lowest BCUT2D eigenvalue weighted by atomic mass is 10.1. The second kappa shape index (κ2) is 10.4. The summed E-state index contributed by atoms with van der Waals surface area (Å²) in [5, 5.41) is 6.16. The number of fused-ring (bicyclic) bond motifs is 1. The van der Waals surface area contributed by atoms with Crippen molar-refractivity contribution < 1.29 is 9.47 Å². The van der Waals surface area contributed by atoms with Gasteiger partial charge < -0.3 is 35.3 Å². The number of hydrogen-bond donors (Lipinski definition) is 1. The molecule has 0 amide bonds. The molecule has 1 fully saturated rings. The Morgan fingerprint density at radius 2 is 1.85 bits per heavy atom. The Kier molecular flexibility index (Phi) is 7.47. The SMILES string of the molecule is COc1cc(OC)c(Cl)c(-c2cc3cnc(N)nc3c([N-]CCN3CCC(N(C)C)C3)n2)c1Cl. The van der Waals surface area contributed by atoms with Crippen LogP contribution in [0.5, 0.6) is 11.5 Å².